The Hall–Kier alpha value is -2.87. The van der Waals surface area contributed by atoms with Gasteiger partial charge in [0.25, 0.3) is 11.6 Å². The fourth-order valence-corrected chi connectivity index (χ4v) is 4.96. The molecule has 8 heteroatoms. The molecule has 0 saturated carbocycles. The molecule has 1 unspecified atom stereocenters. The molecule has 1 aromatic carbocycles. The Labute approximate surface area is 193 Å². The molecule has 0 spiro atoms. The lowest BCUT2D eigenvalue weighted by atomic mass is 9.97. The van der Waals surface area contributed by atoms with E-state index in [1.807, 2.05) is 0 Å². The summed E-state index contributed by atoms with van der Waals surface area (Å²) in [4.78, 5) is 17.8. The van der Waals surface area contributed by atoms with Crippen LogP contribution in [0.1, 0.15) is 74.2 Å². The average molecular weight is 454 g/mol. The number of nitrogens with zero attached hydrogens (tertiary/aromatic N) is 2. The van der Waals surface area contributed by atoms with E-state index < -0.39 is 17.2 Å². The molecule has 1 aromatic heterocycles. The summed E-state index contributed by atoms with van der Waals surface area (Å²) >= 11 is 0. The van der Waals surface area contributed by atoms with Crippen molar-refractivity contribution in [3.63, 3.8) is 0 Å². The summed E-state index contributed by atoms with van der Waals surface area (Å²) in [5.41, 5.74) is 3.95. The van der Waals surface area contributed by atoms with Gasteiger partial charge in [-0.15, -0.1) is 0 Å². The minimum atomic E-state index is -1.57. The molecule has 33 heavy (non-hydrogen) atoms. The molecule has 0 bridgehead atoms. The fourth-order valence-electron chi connectivity index (χ4n) is 4.96. The summed E-state index contributed by atoms with van der Waals surface area (Å²) in [5.74, 6) is -0.352. The number of benzene rings is 1. The summed E-state index contributed by atoms with van der Waals surface area (Å²) < 4.78 is 17.1. The maximum atomic E-state index is 13.2. The number of carbonyl (C=O) groups excluding carboxylic acids is 1. The summed E-state index contributed by atoms with van der Waals surface area (Å²) in [6, 6.07) is 4.18. The van der Waals surface area contributed by atoms with Crippen molar-refractivity contribution in [2.75, 3.05) is 11.9 Å². The second-order valence-electron chi connectivity index (χ2n) is 10.00. The number of rotatable bonds is 5. The molecule has 0 radical (unpaired) electrons. The van der Waals surface area contributed by atoms with E-state index in [0.29, 0.717) is 0 Å². The van der Waals surface area contributed by atoms with Crippen molar-refractivity contribution in [1.29, 1.82) is 0 Å². The van der Waals surface area contributed by atoms with E-state index in [0.717, 1.165) is 44.2 Å². The first-order valence-corrected chi connectivity index (χ1v) is 11.8. The molecule has 2 aromatic rings. The zero-order valence-corrected chi connectivity index (χ0v) is 19.7. The SMILES string of the molecule is CC(C)OC(=O)C1(c2cc(C(C)(C)O)on2)CN=C(Nc2c3c(cc4c2CCC4)CCC3)O1. The van der Waals surface area contributed by atoms with Crippen molar-refractivity contribution in [2.45, 2.75) is 83.5 Å². The number of aromatic nitrogens is 1. The van der Waals surface area contributed by atoms with E-state index in [1.54, 1.807) is 27.7 Å². The van der Waals surface area contributed by atoms with Crippen LogP contribution in [0.4, 0.5) is 5.69 Å². The number of aryl methyl sites for hydroxylation is 2. The van der Waals surface area contributed by atoms with Crippen LogP contribution in [0.2, 0.25) is 0 Å². The van der Waals surface area contributed by atoms with Crippen molar-refractivity contribution in [3.05, 3.63) is 45.8 Å². The van der Waals surface area contributed by atoms with Crippen LogP contribution in [0, 0.1) is 0 Å². The Morgan fingerprint density at radius 1 is 1.15 bits per heavy atom. The number of anilines is 1. The van der Waals surface area contributed by atoms with Gasteiger partial charge in [-0.3, -0.25) is 0 Å². The van der Waals surface area contributed by atoms with Gasteiger partial charge in [-0.25, -0.2) is 9.79 Å². The zero-order chi connectivity index (χ0) is 23.4. The van der Waals surface area contributed by atoms with Crippen LogP contribution < -0.4 is 5.32 Å². The van der Waals surface area contributed by atoms with E-state index in [4.69, 9.17) is 14.0 Å². The monoisotopic (exact) mass is 453 g/mol. The summed E-state index contributed by atoms with van der Waals surface area (Å²) in [7, 11) is 0. The van der Waals surface area contributed by atoms with E-state index in [-0.39, 0.29) is 30.1 Å². The van der Waals surface area contributed by atoms with E-state index in [1.165, 1.54) is 28.3 Å². The average Bonchev–Trinajstić information content (AvgIpc) is 3.51. The van der Waals surface area contributed by atoms with Crippen LogP contribution in [0.3, 0.4) is 0 Å². The first-order chi connectivity index (χ1) is 15.7. The Morgan fingerprint density at radius 2 is 1.82 bits per heavy atom. The molecule has 0 fully saturated rings. The molecular weight excluding hydrogens is 422 g/mol. The Kier molecular flexibility index (Phi) is 5.23. The van der Waals surface area contributed by atoms with E-state index >= 15 is 0 Å². The van der Waals surface area contributed by atoms with Gasteiger partial charge in [0.05, 0.1) is 6.10 Å². The van der Waals surface area contributed by atoms with Crippen molar-refractivity contribution in [1.82, 2.24) is 5.16 Å². The normalized spacial score (nSPS) is 21.6. The van der Waals surface area contributed by atoms with E-state index in [2.05, 4.69) is 21.5 Å². The highest BCUT2D eigenvalue weighted by atomic mass is 16.6. The van der Waals surface area contributed by atoms with Gasteiger partial charge in [0.15, 0.2) is 5.76 Å². The van der Waals surface area contributed by atoms with Gasteiger partial charge in [0, 0.05) is 11.8 Å². The van der Waals surface area contributed by atoms with Crippen LogP contribution >= 0.6 is 0 Å². The van der Waals surface area contributed by atoms with Gasteiger partial charge >= 0.3 is 5.97 Å². The quantitative estimate of drug-likeness (QED) is 0.667. The van der Waals surface area contributed by atoms with Gasteiger partial charge in [0.1, 0.15) is 17.8 Å². The van der Waals surface area contributed by atoms with Crippen LogP contribution in [0.25, 0.3) is 0 Å². The topological polar surface area (TPSA) is 106 Å². The standard InChI is InChI=1S/C25H31N3O5/c1-14(2)31-22(29)25(19-12-20(33-28-19)24(3,4)30)13-26-23(32-25)27-21-17-9-5-7-15(17)11-16-8-6-10-18(16)21/h11-12,14,30H,5-10,13H2,1-4H3,(H,26,27). The largest absolute Gasteiger partial charge is 0.460 e. The lowest BCUT2D eigenvalue weighted by Crippen LogP contribution is -2.43. The van der Waals surface area contributed by atoms with Crippen molar-refractivity contribution >= 4 is 17.7 Å². The summed E-state index contributed by atoms with van der Waals surface area (Å²) in [6.07, 6.45) is 6.18. The number of carbonyl (C=O) groups is 1. The second kappa shape index (κ2) is 7.87. The third-order valence-corrected chi connectivity index (χ3v) is 6.62. The molecule has 3 aliphatic rings. The minimum Gasteiger partial charge on any atom is -0.460 e. The van der Waals surface area contributed by atoms with Crippen LogP contribution in [-0.2, 0) is 51.2 Å². The van der Waals surface area contributed by atoms with Crippen molar-refractivity contribution < 1.29 is 23.9 Å². The first kappa shape index (κ1) is 21.9. The van der Waals surface area contributed by atoms with Gasteiger partial charge in [-0.05, 0) is 88.5 Å². The van der Waals surface area contributed by atoms with Gasteiger partial charge < -0.3 is 24.4 Å². The predicted octanol–water partition coefficient (Wildman–Crippen LogP) is 3.52. The Bertz CT molecular complexity index is 1100. The van der Waals surface area contributed by atoms with Crippen LogP contribution in [0.15, 0.2) is 21.6 Å². The minimum absolute atomic E-state index is 0.00985. The second-order valence-corrected chi connectivity index (χ2v) is 10.00. The third kappa shape index (κ3) is 3.80. The van der Waals surface area contributed by atoms with Crippen LogP contribution in [0.5, 0.6) is 0 Å². The third-order valence-electron chi connectivity index (χ3n) is 6.62. The number of hydrogen-bond acceptors (Lipinski definition) is 8. The highest BCUT2D eigenvalue weighted by Gasteiger charge is 2.52. The predicted molar refractivity (Wildman–Crippen MR) is 122 cm³/mol. The van der Waals surface area contributed by atoms with Gasteiger partial charge in [0.2, 0.25) is 0 Å². The van der Waals surface area contributed by atoms with Gasteiger partial charge in [-0.2, -0.15) is 0 Å². The van der Waals surface area contributed by atoms with Crippen LogP contribution in [-0.4, -0.2) is 34.9 Å². The molecule has 5 rings (SSSR count). The molecule has 0 saturated heterocycles. The van der Waals surface area contributed by atoms with Crippen molar-refractivity contribution in [3.8, 4) is 0 Å². The number of ether oxygens (including phenoxy) is 2. The first-order valence-electron chi connectivity index (χ1n) is 11.8. The molecule has 0 amide bonds. The Balaban J connectivity index is 1.47. The summed E-state index contributed by atoms with van der Waals surface area (Å²) in [5, 5.41) is 17.8. The van der Waals surface area contributed by atoms with Crippen molar-refractivity contribution in [2.24, 2.45) is 4.99 Å². The molecule has 2 heterocycles. The maximum Gasteiger partial charge on any atom is 0.359 e. The molecule has 8 nitrogen and oxygen atoms in total. The molecule has 1 atom stereocenters. The maximum absolute atomic E-state index is 13.2. The number of esters is 1. The lowest BCUT2D eigenvalue weighted by Gasteiger charge is -2.25. The highest BCUT2D eigenvalue weighted by molar-refractivity contribution is 5.96. The molecule has 176 valence electrons. The number of nitrogens with one attached hydrogen (secondary N) is 1. The molecule has 1 aliphatic heterocycles. The Morgan fingerprint density at radius 3 is 2.39 bits per heavy atom. The lowest BCUT2D eigenvalue weighted by molar-refractivity contribution is -0.166. The highest BCUT2D eigenvalue weighted by Crippen LogP contribution is 2.40. The number of aliphatic hydroxyl groups is 1. The zero-order valence-electron chi connectivity index (χ0n) is 19.7. The van der Waals surface area contributed by atoms with Gasteiger partial charge in [-0.1, -0.05) is 11.2 Å². The molecule has 2 N–H and O–H groups in total. The fraction of sp³-hybridized carbons (Fsp3) is 0.560. The molecular formula is C25H31N3O5. The number of aliphatic imine (C=N–C) groups is 1. The smallest absolute Gasteiger partial charge is 0.359 e. The number of fused-ring (bicyclic) bond motifs is 2. The van der Waals surface area contributed by atoms with E-state index in [9.17, 15) is 9.90 Å². The molecule has 2 aliphatic carbocycles. The number of amidine groups is 1. The number of hydrogen-bond donors (Lipinski definition) is 2. The summed E-state index contributed by atoms with van der Waals surface area (Å²) in [6.45, 7) is 6.75.